The van der Waals surface area contributed by atoms with Crippen LogP contribution in [0.15, 0.2) is 18.3 Å². The van der Waals surface area contributed by atoms with E-state index in [0.717, 1.165) is 31.0 Å². The summed E-state index contributed by atoms with van der Waals surface area (Å²) in [5, 5.41) is 3.06. The number of ether oxygens (including phenoxy) is 1. The maximum absolute atomic E-state index is 5.59. The molecule has 1 aromatic heterocycles. The molecule has 1 N–H and O–H groups in total. The fourth-order valence-corrected chi connectivity index (χ4v) is 1.89. The molecule has 90 valence electrons. The summed E-state index contributed by atoms with van der Waals surface area (Å²) in [5.41, 5.74) is 1.04. The van der Waals surface area contributed by atoms with Crippen molar-refractivity contribution in [2.24, 2.45) is 0 Å². The normalized spacial score (nSPS) is 10.4. The molecule has 0 aliphatic heterocycles. The standard InChI is InChI=1S/C12H20N2OS/c1-3-16-8-4-7-15-12-6-5-11(9-13-2)14-10-12/h5-6,10,13H,3-4,7-9H2,1-2H3. The lowest BCUT2D eigenvalue weighted by Gasteiger charge is -2.06. The quantitative estimate of drug-likeness (QED) is 0.707. The molecule has 4 heteroatoms. The Hall–Kier alpha value is -0.740. The van der Waals surface area contributed by atoms with Gasteiger partial charge in [-0.2, -0.15) is 11.8 Å². The van der Waals surface area contributed by atoms with Crippen molar-refractivity contribution in [2.75, 3.05) is 25.2 Å². The monoisotopic (exact) mass is 240 g/mol. The maximum Gasteiger partial charge on any atom is 0.137 e. The zero-order valence-electron chi connectivity index (χ0n) is 10.0. The molecule has 0 bridgehead atoms. The van der Waals surface area contributed by atoms with Crippen molar-refractivity contribution in [1.82, 2.24) is 10.3 Å². The van der Waals surface area contributed by atoms with Gasteiger partial charge < -0.3 is 10.1 Å². The zero-order chi connectivity index (χ0) is 11.6. The SMILES string of the molecule is CCSCCCOc1ccc(CNC)nc1. The molecule has 3 nitrogen and oxygen atoms in total. The molecule has 0 atom stereocenters. The summed E-state index contributed by atoms with van der Waals surface area (Å²) >= 11 is 1.95. The first kappa shape index (κ1) is 13.3. The number of hydrogen-bond donors (Lipinski definition) is 1. The van der Waals surface area contributed by atoms with Gasteiger partial charge in [-0.3, -0.25) is 4.98 Å². The molecule has 16 heavy (non-hydrogen) atoms. The molecule has 1 heterocycles. The van der Waals surface area contributed by atoms with Crippen molar-refractivity contribution in [3.05, 3.63) is 24.0 Å². The molecular weight excluding hydrogens is 220 g/mol. The first-order valence-corrected chi connectivity index (χ1v) is 6.82. The van der Waals surface area contributed by atoms with Gasteiger partial charge in [0.25, 0.3) is 0 Å². The van der Waals surface area contributed by atoms with Crippen LogP contribution in [0.3, 0.4) is 0 Å². The average Bonchev–Trinajstić information content (AvgIpc) is 2.31. The van der Waals surface area contributed by atoms with Crippen molar-refractivity contribution >= 4 is 11.8 Å². The zero-order valence-corrected chi connectivity index (χ0v) is 10.8. The van der Waals surface area contributed by atoms with Crippen LogP contribution < -0.4 is 10.1 Å². The number of pyridine rings is 1. The molecule has 0 aliphatic carbocycles. The van der Waals surface area contributed by atoms with Crippen LogP contribution in [0.4, 0.5) is 0 Å². The van der Waals surface area contributed by atoms with Gasteiger partial charge in [0, 0.05) is 6.54 Å². The smallest absolute Gasteiger partial charge is 0.137 e. The Morgan fingerprint density at radius 1 is 1.44 bits per heavy atom. The summed E-state index contributed by atoms with van der Waals surface area (Å²) in [6, 6.07) is 3.97. The number of nitrogens with zero attached hydrogens (tertiary/aromatic N) is 1. The van der Waals surface area contributed by atoms with E-state index in [0.29, 0.717) is 0 Å². The minimum atomic E-state index is 0.778. The lowest BCUT2D eigenvalue weighted by molar-refractivity contribution is 0.317. The third-order valence-corrected chi connectivity index (χ3v) is 3.05. The highest BCUT2D eigenvalue weighted by molar-refractivity contribution is 7.99. The van der Waals surface area contributed by atoms with E-state index in [1.807, 2.05) is 30.9 Å². The minimum absolute atomic E-state index is 0.778. The van der Waals surface area contributed by atoms with Gasteiger partial charge in [0.15, 0.2) is 0 Å². The van der Waals surface area contributed by atoms with Gasteiger partial charge in [-0.25, -0.2) is 0 Å². The van der Waals surface area contributed by atoms with Crippen LogP contribution in [0, 0.1) is 0 Å². The number of hydrogen-bond acceptors (Lipinski definition) is 4. The predicted octanol–water partition coefficient (Wildman–Crippen LogP) is 2.32. The van der Waals surface area contributed by atoms with E-state index in [1.165, 1.54) is 11.5 Å². The molecule has 0 amide bonds. The van der Waals surface area contributed by atoms with Crippen molar-refractivity contribution < 1.29 is 4.74 Å². The third-order valence-electron chi connectivity index (χ3n) is 2.06. The Morgan fingerprint density at radius 3 is 2.94 bits per heavy atom. The van der Waals surface area contributed by atoms with Crippen molar-refractivity contribution in [1.29, 1.82) is 0 Å². The van der Waals surface area contributed by atoms with Gasteiger partial charge in [0.1, 0.15) is 5.75 Å². The van der Waals surface area contributed by atoms with Crippen molar-refractivity contribution in [3.63, 3.8) is 0 Å². The highest BCUT2D eigenvalue weighted by atomic mass is 32.2. The molecule has 0 saturated carbocycles. The fourth-order valence-electron chi connectivity index (χ4n) is 1.28. The number of thioether (sulfide) groups is 1. The first-order valence-electron chi connectivity index (χ1n) is 5.67. The summed E-state index contributed by atoms with van der Waals surface area (Å²) in [7, 11) is 1.91. The second-order valence-corrected chi connectivity index (χ2v) is 4.81. The highest BCUT2D eigenvalue weighted by Crippen LogP contribution is 2.10. The number of aromatic nitrogens is 1. The Labute approximate surface area is 102 Å². The van der Waals surface area contributed by atoms with E-state index >= 15 is 0 Å². The molecular formula is C12H20N2OS. The van der Waals surface area contributed by atoms with Crippen LogP contribution in [0.25, 0.3) is 0 Å². The van der Waals surface area contributed by atoms with Gasteiger partial charge in [0.2, 0.25) is 0 Å². The van der Waals surface area contributed by atoms with E-state index in [9.17, 15) is 0 Å². The lowest BCUT2D eigenvalue weighted by atomic mass is 10.3. The minimum Gasteiger partial charge on any atom is -0.492 e. The summed E-state index contributed by atoms with van der Waals surface area (Å²) < 4.78 is 5.59. The summed E-state index contributed by atoms with van der Waals surface area (Å²) in [5.74, 6) is 3.21. The molecule has 0 aromatic carbocycles. The molecule has 0 spiro atoms. The second-order valence-electron chi connectivity index (χ2n) is 3.41. The molecule has 0 aliphatic rings. The van der Waals surface area contributed by atoms with Crippen LogP contribution in [0.5, 0.6) is 5.75 Å². The predicted molar refractivity (Wildman–Crippen MR) is 70.1 cm³/mol. The van der Waals surface area contributed by atoms with E-state index < -0.39 is 0 Å². The number of rotatable bonds is 8. The number of nitrogens with one attached hydrogen (secondary N) is 1. The van der Waals surface area contributed by atoms with Gasteiger partial charge >= 0.3 is 0 Å². The topological polar surface area (TPSA) is 34.1 Å². The summed E-state index contributed by atoms with van der Waals surface area (Å²) in [4.78, 5) is 4.29. The van der Waals surface area contributed by atoms with Crippen molar-refractivity contribution in [3.8, 4) is 5.75 Å². The van der Waals surface area contributed by atoms with Crippen LogP contribution in [0.2, 0.25) is 0 Å². The Morgan fingerprint density at radius 2 is 2.31 bits per heavy atom. The van der Waals surface area contributed by atoms with Crippen LogP contribution >= 0.6 is 11.8 Å². The molecule has 1 rings (SSSR count). The lowest BCUT2D eigenvalue weighted by Crippen LogP contribution is -2.07. The van der Waals surface area contributed by atoms with E-state index in [1.54, 1.807) is 6.20 Å². The average molecular weight is 240 g/mol. The van der Waals surface area contributed by atoms with Crippen LogP contribution in [-0.2, 0) is 6.54 Å². The van der Waals surface area contributed by atoms with Crippen molar-refractivity contribution in [2.45, 2.75) is 19.9 Å². The van der Waals surface area contributed by atoms with E-state index in [4.69, 9.17) is 4.74 Å². The van der Waals surface area contributed by atoms with E-state index in [2.05, 4.69) is 17.2 Å². The molecule has 0 saturated heterocycles. The Bertz CT molecular complexity index is 277. The Kier molecular flexibility index (Phi) is 7.01. The van der Waals surface area contributed by atoms with E-state index in [-0.39, 0.29) is 0 Å². The summed E-state index contributed by atoms with van der Waals surface area (Å²) in [6.07, 6.45) is 2.89. The van der Waals surface area contributed by atoms with Gasteiger partial charge in [0.05, 0.1) is 18.5 Å². The maximum atomic E-state index is 5.59. The fraction of sp³-hybridized carbons (Fsp3) is 0.583. The van der Waals surface area contributed by atoms with Crippen LogP contribution in [0.1, 0.15) is 19.0 Å². The summed E-state index contributed by atoms with van der Waals surface area (Å²) in [6.45, 7) is 3.75. The molecule has 1 aromatic rings. The largest absolute Gasteiger partial charge is 0.492 e. The van der Waals surface area contributed by atoms with Gasteiger partial charge in [-0.05, 0) is 37.1 Å². The third kappa shape index (κ3) is 5.37. The van der Waals surface area contributed by atoms with Crippen LogP contribution in [-0.4, -0.2) is 30.1 Å². The Balaban J connectivity index is 2.21. The van der Waals surface area contributed by atoms with Gasteiger partial charge in [-0.1, -0.05) is 6.92 Å². The second kappa shape index (κ2) is 8.42. The van der Waals surface area contributed by atoms with Gasteiger partial charge in [-0.15, -0.1) is 0 Å². The highest BCUT2D eigenvalue weighted by Gasteiger charge is 1.96. The molecule has 0 unspecified atom stereocenters. The first-order chi connectivity index (χ1) is 7.86. The molecule has 0 radical (unpaired) electrons. The molecule has 0 fully saturated rings.